The molecule has 1 heterocycles. The lowest BCUT2D eigenvalue weighted by Crippen LogP contribution is -2.35. The van der Waals surface area contributed by atoms with E-state index in [1.54, 1.807) is 32.2 Å². The zero-order valence-electron chi connectivity index (χ0n) is 12.2. The normalized spacial score (nSPS) is 16.9. The van der Waals surface area contributed by atoms with Crippen molar-refractivity contribution in [2.24, 2.45) is 0 Å². The first-order valence-corrected chi connectivity index (χ1v) is 8.40. The first kappa shape index (κ1) is 15.3. The SMILES string of the molecule is Cc1c(N)cccc1S(=O)(=O)N(C)CCN1CCCC1. The van der Waals surface area contributed by atoms with Gasteiger partial charge in [0.2, 0.25) is 10.0 Å². The van der Waals surface area contributed by atoms with Crippen molar-refractivity contribution in [2.45, 2.75) is 24.7 Å². The van der Waals surface area contributed by atoms with Gasteiger partial charge in [-0.3, -0.25) is 0 Å². The number of sulfonamides is 1. The fourth-order valence-electron chi connectivity index (χ4n) is 2.49. The van der Waals surface area contributed by atoms with Gasteiger partial charge < -0.3 is 10.6 Å². The molecule has 1 aliphatic rings. The van der Waals surface area contributed by atoms with Gasteiger partial charge in [0.05, 0.1) is 4.90 Å². The molecule has 112 valence electrons. The number of nitrogens with zero attached hydrogens (tertiary/aromatic N) is 2. The summed E-state index contributed by atoms with van der Waals surface area (Å²) in [5, 5.41) is 0. The van der Waals surface area contributed by atoms with Crippen molar-refractivity contribution in [1.82, 2.24) is 9.21 Å². The molecular weight excluding hydrogens is 274 g/mol. The van der Waals surface area contributed by atoms with Crippen molar-refractivity contribution < 1.29 is 8.42 Å². The molecule has 2 rings (SSSR count). The van der Waals surface area contributed by atoms with Gasteiger partial charge in [-0.1, -0.05) is 6.07 Å². The number of nitrogens with two attached hydrogens (primary N) is 1. The lowest BCUT2D eigenvalue weighted by atomic mass is 10.2. The summed E-state index contributed by atoms with van der Waals surface area (Å²) in [6, 6.07) is 5.02. The third-order valence-electron chi connectivity index (χ3n) is 3.94. The maximum Gasteiger partial charge on any atom is 0.243 e. The van der Waals surface area contributed by atoms with Gasteiger partial charge in [-0.15, -0.1) is 0 Å². The third-order valence-corrected chi connectivity index (χ3v) is 5.95. The van der Waals surface area contributed by atoms with Crippen LogP contribution in [0.1, 0.15) is 18.4 Å². The molecule has 5 nitrogen and oxygen atoms in total. The topological polar surface area (TPSA) is 66.6 Å². The van der Waals surface area contributed by atoms with E-state index in [1.165, 1.54) is 17.1 Å². The number of anilines is 1. The number of nitrogen functional groups attached to an aromatic ring is 1. The first-order valence-electron chi connectivity index (χ1n) is 6.96. The summed E-state index contributed by atoms with van der Waals surface area (Å²) in [6.45, 7) is 5.20. The number of hydrogen-bond donors (Lipinski definition) is 1. The van der Waals surface area contributed by atoms with Gasteiger partial charge in [0, 0.05) is 25.8 Å². The second-order valence-corrected chi connectivity index (χ2v) is 7.36. The van der Waals surface area contributed by atoms with E-state index in [-0.39, 0.29) is 0 Å². The van der Waals surface area contributed by atoms with E-state index < -0.39 is 10.0 Å². The zero-order valence-corrected chi connectivity index (χ0v) is 13.0. The van der Waals surface area contributed by atoms with Crippen LogP contribution in [0.15, 0.2) is 23.1 Å². The summed E-state index contributed by atoms with van der Waals surface area (Å²) in [5.41, 5.74) is 6.94. The molecule has 0 radical (unpaired) electrons. The molecule has 0 atom stereocenters. The summed E-state index contributed by atoms with van der Waals surface area (Å²) < 4.78 is 26.5. The molecule has 1 aromatic rings. The largest absolute Gasteiger partial charge is 0.398 e. The Kier molecular flexibility index (Phi) is 4.67. The summed E-state index contributed by atoms with van der Waals surface area (Å²) in [6.07, 6.45) is 2.43. The molecule has 0 unspecified atom stereocenters. The smallest absolute Gasteiger partial charge is 0.243 e. The molecule has 1 fully saturated rings. The molecule has 1 aliphatic heterocycles. The molecule has 1 saturated heterocycles. The van der Waals surface area contributed by atoms with Crippen molar-refractivity contribution in [2.75, 3.05) is 39.0 Å². The zero-order chi connectivity index (χ0) is 14.8. The predicted molar refractivity (Wildman–Crippen MR) is 81.1 cm³/mol. The van der Waals surface area contributed by atoms with E-state index in [1.807, 2.05) is 0 Å². The summed E-state index contributed by atoms with van der Waals surface area (Å²) >= 11 is 0. The van der Waals surface area contributed by atoms with Gasteiger partial charge in [-0.25, -0.2) is 8.42 Å². The summed E-state index contributed by atoms with van der Waals surface area (Å²) in [7, 11) is -1.82. The van der Waals surface area contributed by atoms with Crippen LogP contribution in [0.2, 0.25) is 0 Å². The standard InChI is InChI=1S/C14H23N3O2S/c1-12-13(15)6-5-7-14(12)20(18,19)16(2)10-11-17-8-3-4-9-17/h5-7H,3-4,8-11,15H2,1-2H3. The minimum Gasteiger partial charge on any atom is -0.398 e. The highest BCUT2D eigenvalue weighted by atomic mass is 32.2. The van der Waals surface area contributed by atoms with Crippen molar-refractivity contribution in [1.29, 1.82) is 0 Å². The average Bonchev–Trinajstić information content (AvgIpc) is 2.92. The molecule has 1 aromatic carbocycles. The highest BCUT2D eigenvalue weighted by Crippen LogP contribution is 2.23. The Morgan fingerprint density at radius 3 is 2.60 bits per heavy atom. The maximum atomic E-state index is 12.6. The Bertz CT molecular complexity index is 566. The van der Waals surface area contributed by atoms with E-state index in [4.69, 9.17) is 5.73 Å². The fraction of sp³-hybridized carbons (Fsp3) is 0.571. The monoisotopic (exact) mass is 297 g/mol. The maximum absolute atomic E-state index is 12.6. The van der Waals surface area contributed by atoms with E-state index in [0.717, 1.165) is 19.6 Å². The highest BCUT2D eigenvalue weighted by Gasteiger charge is 2.24. The number of likely N-dealkylation sites (tertiary alicyclic amines) is 1. The van der Waals surface area contributed by atoms with Gasteiger partial charge in [0.25, 0.3) is 0 Å². The minimum absolute atomic E-state index is 0.307. The first-order chi connectivity index (χ1) is 9.43. The van der Waals surface area contributed by atoms with Gasteiger partial charge in [-0.05, 0) is 50.6 Å². The number of likely N-dealkylation sites (N-methyl/N-ethyl adjacent to an activating group) is 1. The van der Waals surface area contributed by atoms with Crippen molar-refractivity contribution >= 4 is 15.7 Å². The van der Waals surface area contributed by atoms with Gasteiger partial charge in [0.15, 0.2) is 0 Å². The fourth-order valence-corrected chi connectivity index (χ4v) is 3.90. The van der Waals surface area contributed by atoms with Crippen LogP contribution in [0.25, 0.3) is 0 Å². The molecule has 6 heteroatoms. The second kappa shape index (κ2) is 6.11. The Balaban J connectivity index is 2.10. The van der Waals surface area contributed by atoms with Crippen LogP contribution >= 0.6 is 0 Å². The lowest BCUT2D eigenvalue weighted by molar-refractivity contribution is 0.310. The van der Waals surface area contributed by atoms with Crippen LogP contribution in [0.4, 0.5) is 5.69 Å². The molecular formula is C14H23N3O2S. The number of rotatable bonds is 5. The molecule has 0 bridgehead atoms. The van der Waals surface area contributed by atoms with Gasteiger partial charge in [0.1, 0.15) is 0 Å². The molecule has 0 amide bonds. The van der Waals surface area contributed by atoms with Gasteiger partial charge >= 0.3 is 0 Å². The quantitative estimate of drug-likeness (QED) is 0.832. The van der Waals surface area contributed by atoms with Crippen LogP contribution in [-0.2, 0) is 10.0 Å². The van der Waals surface area contributed by atoms with Crippen molar-refractivity contribution in [3.63, 3.8) is 0 Å². The Labute approximate surface area is 121 Å². The van der Waals surface area contributed by atoms with Crippen LogP contribution < -0.4 is 5.73 Å². The Morgan fingerprint density at radius 1 is 1.30 bits per heavy atom. The van der Waals surface area contributed by atoms with E-state index in [0.29, 0.717) is 22.7 Å². The van der Waals surface area contributed by atoms with Crippen LogP contribution in [0, 0.1) is 6.92 Å². The van der Waals surface area contributed by atoms with E-state index >= 15 is 0 Å². The van der Waals surface area contributed by atoms with Crippen molar-refractivity contribution in [3.8, 4) is 0 Å². The Morgan fingerprint density at radius 2 is 1.95 bits per heavy atom. The molecule has 20 heavy (non-hydrogen) atoms. The van der Waals surface area contributed by atoms with E-state index in [9.17, 15) is 8.42 Å². The summed E-state index contributed by atoms with van der Waals surface area (Å²) in [5.74, 6) is 0. The summed E-state index contributed by atoms with van der Waals surface area (Å²) in [4.78, 5) is 2.61. The average molecular weight is 297 g/mol. The number of hydrogen-bond acceptors (Lipinski definition) is 4. The molecule has 0 spiro atoms. The van der Waals surface area contributed by atoms with Crippen LogP contribution in [-0.4, -0.2) is 50.8 Å². The second-order valence-electron chi connectivity index (χ2n) is 5.35. The Hall–Kier alpha value is -1.11. The molecule has 2 N–H and O–H groups in total. The number of benzene rings is 1. The minimum atomic E-state index is -3.46. The van der Waals surface area contributed by atoms with Crippen LogP contribution in [0.5, 0.6) is 0 Å². The predicted octanol–water partition coefficient (Wildman–Crippen LogP) is 1.29. The molecule has 0 aromatic heterocycles. The van der Waals surface area contributed by atoms with Crippen molar-refractivity contribution in [3.05, 3.63) is 23.8 Å². The van der Waals surface area contributed by atoms with E-state index in [2.05, 4.69) is 4.90 Å². The third kappa shape index (κ3) is 3.13. The molecule has 0 aliphatic carbocycles. The van der Waals surface area contributed by atoms with Gasteiger partial charge in [-0.2, -0.15) is 4.31 Å². The van der Waals surface area contributed by atoms with Crippen LogP contribution in [0.3, 0.4) is 0 Å². The highest BCUT2D eigenvalue weighted by molar-refractivity contribution is 7.89. The molecule has 0 saturated carbocycles. The lowest BCUT2D eigenvalue weighted by Gasteiger charge is -2.22.